The van der Waals surface area contributed by atoms with Gasteiger partial charge in [0, 0.05) is 36.2 Å². The lowest BCUT2D eigenvalue weighted by Gasteiger charge is -2.34. The molecule has 0 aliphatic carbocycles. The van der Waals surface area contributed by atoms with E-state index in [2.05, 4.69) is 11.8 Å². The molecule has 2 heterocycles. The molecule has 0 radical (unpaired) electrons. The molecule has 6 nitrogen and oxygen atoms in total. The Bertz CT molecular complexity index is 830. The van der Waals surface area contributed by atoms with Gasteiger partial charge in [0.2, 0.25) is 0 Å². The third-order valence-electron chi connectivity index (χ3n) is 5.77. The zero-order chi connectivity index (χ0) is 20.3. The summed E-state index contributed by atoms with van der Waals surface area (Å²) in [5.74, 6) is 0.330. The Morgan fingerprint density at radius 2 is 2.14 bits per heavy atom. The van der Waals surface area contributed by atoms with Gasteiger partial charge in [0.05, 0.1) is 12.2 Å². The number of carbonyl (C=O) groups is 1. The summed E-state index contributed by atoms with van der Waals surface area (Å²) in [7, 11) is 1.93. The van der Waals surface area contributed by atoms with Crippen LogP contribution in [0.1, 0.15) is 49.2 Å². The molecule has 1 aromatic heterocycles. The number of ether oxygens (including phenoxy) is 2. The number of aromatic nitrogens is 1. The van der Waals surface area contributed by atoms with Crippen molar-refractivity contribution in [2.24, 2.45) is 7.05 Å². The predicted molar refractivity (Wildman–Crippen MR) is 110 cm³/mol. The van der Waals surface area contributed by atoms with Gasteiger partial charge >= 0.3 is 5.97 Å². The van der Waals surface area contributed by atoms with Gasteiger partial charge in [-0.05, 0) is 58.4 Å². The molecule has 2 aromatic rings. The number of aryl methyl sites for hydroxylation is 1. The van der Waals surface area contributed by atoms with Crippen molar-refractivity contribution in [2.45, 2.75) is 52.2 Å². The van der Waals surface area contributed by atoms with E-state index in [-0.39, 0.29) is 12.6 Å². The van der Waals surface area contributed by atoms with Crippen molar-refractivity contribution in [1.29, 1.82) is 0 Å². The topological polar surface area (TPSA) is 63.9 Å². The van der Waals surface area contributed by atoms with Crippen molar-refractivity contribution in [3.63, 3.8) is 0 Å². The summed E-state index contributed by atoms with van der Waals surface area (Å²) in [4.78, 5) is 14.7. The van der Waals surface area contributed by atoms with Gasteiger partial charge in [0.1, 0.15) is 18.5 Å². The average Bonchev–Trinajstić information content (AvgIpc) is 2.92. The fraction of sp³-hybridized carbons (Fsp3) is 0.591. The molecule has 1 aromatic carbocycles. The fourth-order valence-electron chi connectivity index (χ4n) is 4.05. The largest absolute Gasteiger partial charge is 0.491 e. The van der Waals surface area contributed by atoms with Crippen molar-refractivity contribution >= 4 is 16.9 Å². The maximum Gasteiger partial charge on any atom is 0.340 e. The van der Waals surface area contributed by atoms with E-state index in [0.29, 0.717) is 30.5 Å². The first-order chi connectivity index (χ1) is 13.4. The normalized spacial score (nSPS) is 19.0. The summed E-state index contributed by atoms with van der Waals surface area (Å²) in [6.07, 6.45) is 3.11. The summed E-state index contributed by atoms with van der Waals surface area (Å²) in [6.45, 7) is 8.17. The summed E-state index contributed by atoms with van der Waals surface area (Å²) in [6, 6.07) is 6.20. The number of piperidine rings is 1. The Hall–Kier alpha value is -2.05. The van der Waals surface area contributed by atoms with Crippen LogP contribution >= 0.6 is 0 Å². The predicted octanol–water partition coefficient (Wildman–Crippen LogP) is 3.28. The third-order valence-corrected chi connectivity index (χ3v) is 5.77. The Morgan fingerprint density at radius 1 is 1.36 bits per heavy atom. The molecule has 1 fully saturated rings. The number of hydrogen-bond donors (Lipinski definition) is 1. The van der Waals surface area contributed by atoms with Gasteiger partial charge in [-0.25, -0.2) is 4.79 Å². The van der Waals surface area contributed by atoms with E-state index in [9.17, 15) is 9.90 Å². The van der Waals surface area contributed by atoms with Crippen LogP contribution in [0.4, 0.5) is 0 Å². The first kappa shape index (κ1) is 20.7. The molecule has 3 rings (SSSR count). The third kappa shape index (κ3) is 4.33. The fourth-order valence-corrected chi connectivity index (χ4v) is 4.05. The van der Waals surface area contributed by atoms with Gasteiger partial charge in [0.15, 0.2) is 0 Å². The zero-order valence-corrected chi connectivity index (χ0v) is 17.4. The number of aliphatic hydroxyl groups is 1. The van der Waals surface area contributed by atoms with Crippen LogP contribution in [0.5, 0.6) is 5.75 Å². The van der Waals surface area contributed by atoms with Crippen LogP contribution in [0.3, 0.4) is 0 Å². The van der Waals surface area contributed by atoms with Crippen molar-refractivity contribution < 1.29 is 19.4 Å². The molecule has 1 saturated heterocycles. The van der Waals surface area contributed by atoms with E-state index in [0.717, 1.165) is 23.1 Å². The van der Waals surface area contributed by atoms with Crippen LogP contribution in [0, 0.1) is 6.92 Å². The van der Waals surface area contributed by atoms with Crippen molar-refractivity contribution in [1.82, 2.24) is 9.47 Å². The van der Waals surface area contributed by atoms with Crippen LogP contribution in [0.15, 0.2) is 18.2 Å². The standard InChI is InChI=1S/C22H32N2O4/c1-5-27-22(26)21-16(3)23(4)20-10-9-18(12-19(20)21)28-14-17(25)13-24-11-7-6-8-15(24)2/h9-10,12,15,17,25H,5-8,11,13-14H2,1-4H3/t15-,17+/m1/s1. The number of β-amino-alcohol motifs (C(OH)–C–C–N with tert-alkyl or cyclic N) is 1. The van der Waals surface area contributed by atoms with Gasteiger partial charge in [-0.15, -0.1) is 0 Å². The monoisotopic (exact) mass is 388 g/mol. The molecular weight excluding hydrogens is 356 g/mol. The number of likely N-dealkylation sites (tertiary alicyclic amines) is 1. The highest BCUT2D eigenvalue weighted by Crippen LogP contribution is 2.29. The maximum absolute atomic E-state index is 12.4. The zero-order valence-electron chi connectivity index (χ0n) is 17.4. The molecule has 2 atom stereocenters. The second kappa shape index (κ2) is 8.97. The smallest absolute Gasteiger partial charge is 0.340 e. The summed E-state index contributed by atoms with van der Waals surface area (Å²) < 4.78 is 13.1. The number of esters is 1. The molecule has 154 valence electrons. The molecule has 6 heteroatoms. The molecular formula is C22H32N2O4. The van der Waals surface area contributed by atoms with Crippen molar-refractivity contribution in [3.8, 4) is 5.75 Å². The molecule has 28 heavy (non-hydrogen) atoms. The van der Waals surface area contributed by atoms with Gasteiger partial charge in [0.25, 0.3) is 0 Å². The number of nitrogens with zero attached hydrogens (tertiary/aromatic N) is 2. The van der Waals surface area contributed by atoms with E-state index in [1.54, 1.807) is 6.92 Å². The summed E-state index contributed by atoms with van der Waals surface area (Å²) in [5.41, 5.74) is 2.40. The molecule has 0 saturated carbocycles. The number of rotatable bonds is 7. The Balaban J connectivity index is 1.71. The number of fused-ring (bicyclic) bond motifs is 1. The maximum atomic E-state index is 12.4. The lowest BCUT2D eigenvalue weighted by Crippen LogP contribution is -2.43. The highest BCUT2D eigenvalue weighted by molar-refractivity contribution is 6.06. The highest BCUT2D eigenvalue weighted by Gasteiger charge is 2.22. The van der Waals surface area contributed by atoms with Crippen LogP contribution in [-0.4, -0.2) is 59.0 Å². The molecule has 0 unspecified atom stereocenters. The van der Waals surface area contributed by atoms with Crippen LogP contribution in [-0.2, 0) is 11.8 Å². The van der Waals surface area contributed by atoms with Gasteiger partial charge in [-0.2, -0.15) is 0 Å². The minimum Gasteiger partial charge on any atom is -0.491 e. The highest BCUT2D eigenvalue weighted by atomic mass is 16.5. The van der Waals surface area contributed by atoms with E-state index in [1.807, 2.05) is 36.7 Å². The Morgan fingerprint density at radius 3 is 2.86 bits per heavy atom. The lowest BCUT2D eigenvalue weighted by molar-refractivity contribution is 0.0438. The van der Waals surface area contributed by atoms with Gasteiger partial charge in [-0.3, -0.25) is 4.90 Å². The number of hydrogen-bond acceptors (Lipinski definition) is 5. The first-order valence-corrected chi connectivity index (χ1v) is 10.2. The molecule has 0 bridgehead atoms. The van der Waals surface area contributed by atoms with E-state index in [4.69, 9.17) is 9.47 Å². The first-order valence-electron chi connectivity index (χ1n) is 10.2. The lowest BCUT2D eigenvalue weighted by atomic mass is 10.0. The van der Waals surface area contributed by atoms with E-state index < -0.39 is 6.10 Å². The number of carbonyl (C=O) groups excluding carboxylic acids is 1. The summed E-state index contributed by atoms with van der Waals surface area (Å²) in [5, 5.41) is 11.2. The van der Waals surface area contributed by atoms with Crippen molar-refractivity contribution in [3.05, 3.63) is 29.5 Å². The minimum atomic E-state index is -0.543. The average molecular weight is 389 g/mol. The Kier molecular flexibility index (Phi) is 6.62. The minimum absolute atomic E-state index is 0.231. The molecule has 1 aliphatic rings. The molecule has 1 aliphatic heterocycles. The second-order valence-corrected chi connectivity index (χ2v) is 7.72. The van der Waals surface area contributed by atoms with E-state index in [1.165, 1.54) is 19.3 Å². The van der Waals surface area contributed by atoms with Gasteiger partial charge < -0.3 is 19.1 Å². The van der Waals surface area contributed by atoms with Crippen LogP contribution in [0.25, 0.3) is 10.9 Å². The SMILES string of the molecule is CCOC(=O)c1c(C)n(C)c2ccc(OC[C@@H](O)CN3CCCC[C@H]3C)cc12. The molecule has 1 N–H and O–H groups in total. The molecule has 0 spiro atoms. The van der Waals surface area contributed by atoms with Crippen molar-refractivity contribution in [2.75, 3.05) is 26.3 Å². The van der Waals surface area contributed by atoms with Gasteiger partial charge in [-0.1, -0.05) is 6.42 Å². The molecule has 0 amide bonds. The van der Waals surface area contributed by atoms with E-state index >= 15 is 0 Å². The number of aliphatic hydroxyl groups excluding tert-OH is 1. The Labute approximate surface area is 167 Å². The number of benzene rings is 1. The summed E-state index contributed by atoms with van der Waals surface area (Å²) >= 11 is 0. The van der Waals surface area contributed by atoms with Crippen LogP contribution < -0.4 is 4.74 Å². The van der Waals surface area contributed by atoms with Crippen LogP contribution in [0.2, 0.25) is 0 Å². The second-order valence-electron chi connectivity index (χ2n) is 7.72. The quantitative estimate of drug-likeness (QED) is 0.738.